The van der Waals surface area contributed by atoms with Gasteiger partial charge in [-0.3, -0.25) is 0 Å². The number of methoxy groups -OCH3 is 1. The zero-order valence-corrected chi connectivity index (χ0v) is 19.8. The molecule has 2 aromatic rings. The highest BCUT2D eigenvalue weighted by molar-refractivity contribution is 7.89. The number of tetrazole rings is 1. The summed E-state index contributed by atoms with van der Waals surface area (Å²) in [4.78, 5) is 0.286. The lowest BCUT2D eigenvalue weighted by Gasteiger charge is -2.62. The Kier molecular flexibility index (Phi) is 6.67. The Morgan fingerprint density at radius 1 is 1.22 bits per heavy atom. The highest BCUT2D eigenvalue weighted by Gasteiger charge is 2.58. The Hall–Kier alpha value is -2.26. The van der Waals surface area contributed by atoms with E-state index in [2.05, 4.69) is 51.3 Å². The third kappa shape index (κ3) is 4.73. The molecule has 0 radical (unpaired) electrons. The van der Waals surface area contributed by atoms with Gasteiger partial charge in [-0.2, -0.15) is 0 Å². The fourth-order valence-corrected chi connectivity index (χ4v) is 6.74. The van der Waals surface area contributed by atoms with Gasteiger partial charge < -0.3 is 4.74 Å². The van der Waals surface area contributed by atoms with Gasteiger partial charge in [-0.25, -0.2) is 18.2 Å². The van der Waals surface area contributed by atoms with Crippen LogP contribution >= 0.6 is 0 Å². The summed E-state index contributed by atoms with van der Waals surface area (Å²) in [6.07, 6.45) is 10.2. The van der Waals surface area contributed by atoms with Gasteiger partial charge in [0.15, 0.2) is 0 Å². The molecule has 32 heavy (non-hydrogen) atoms. The first-order valence-electron chi connectivity index (χ1n) is 11.3. The van der Waals surface area contributed by atoms with Crippen LogP contribution in [0.1, 0.15) is 51.8 Å². The number of unbranched alkanes of at least 4 members (excludes halogenated alkanes) is 1. The van der Waals surface area contributed by atoms with Crippen LogP contribution in [-0.2, 0) is 16.4 Å². The summed E-state index contributed by atoms with van der Waals surface area (Å²) in [6, 6.07) is 6.55. The Morgan fingerprint density at radius 3 is 2.66 bits per heavy atom. The fourth-order valence-electron chi connectivity index (χ4n) is 5.39. The van der Waals surface area contributed by atoms with Crippen molar-refractivity contribution in [1.29, 1.82) is 0 Å². The van der Waals surface area contributed by atoms with Crippen molar-refractivity contribution < 1.29 is 13.2 Å². The zero-order valence-electron chi connectivity index (χ0n) is 19.0. The zero-order chi connectivity index (χ0) is 22.8. The molecule has 0 spiro atoms. The second-order valence-corrected chi connectivity index (χ2v) is 11.3. The highest BCUT2D eigenvalue weighted by atomic mass is 32.2. The first-order chi connectivity index (χ1) is 15.3. The molecule has 0 amide bonds. The van der Waals surface area contributed by atoms with Crippen LogP contribution in [0.4, 0.5) is 0 Å². The topological polar surface area (TPSA) is 110 Å². The first kappa shape index (κ1) is 22.9. The van der Waals surface area contributed by atoms with Crippen molar-refractivity contribution >= 4 is 10.0 Å². The molecule has 9 heteroatoms. The van der Waals surface area contributed by atoms with Gasteiger partial charge in [0, 0.05) is 12.5 Å². The van der Waals surface area contributed by atoms with Gasteiger partial charge >= 0.3 is 0 Å². The van der Waals surface area contributed by atoms with E-state index < -0.39 is 10.0 Å². The number of hydrogen-bond acceptors (Lipinski definition) is 6. The molecule has 174 valence electrons. The van der Waals surface area contributed by atoms with Crippen molar-refractivity contribution in [2.75, 3.05) is 7.11 Å². The number of aromatic nitrogens is 4. The van der Waals surface area contributed by atoms with Gasteiger partial charge in [-0.05, 0) is 90.0 Å². The summed E-state index contributed by atoms with van der Waals surface area (Å²) in [7, 11) is -2.02. The molecule has 1 heterocycles. The molecule has 2 N–H and O–H groups in total. The normalized spacial score (nSPS) is 26.7. The number of nitrogens with one attached hydrogen (secondary N) is 2. The number of nitrogens with zero attached hydrogens (tertiary/aromatic N) is 3. The summed E-state index contributed by atoms with van der Waals surface area (Å²) in [5.74, 6) is 2.81. The number of benzene rings is 1. The number of aromatic amines is 1. The monoisotopic (exact) mass is 459 g/mol. The number of fused-ring (bicyclic) bond motifs is 2. The van der Waals surface area contributed by atoms with Crippen LogP contribution in [0.5, 0.6) is 5.75 Å². The molecule has 0 aliphatic heterocycles. The van der Waals surface area contributed by atoms with Crippen molar-refractivity contribution in [2.45, 2.75) is 63.3 Å². The van der Waals surface area contributed by atoms with Gasteiger partial charge in [-0.15, -0.1) is 5.10 Å². The SMILES string of the molecule is COc1ccc(S(=O)(=O)N[C@@H]2[C@@H](CC=CCCCc3nnn[nH]3)C[C@H]3C[C@H]2C3(C)C)cc1. The Morgan fingerprint density at radius 2 is 2.00 bits per heavy atom. The van der Waals surface area contributed by atoms with Crippen LogP contribution < -0.4 is 9.46 Å². The molecule has 3 aliphatic rings. The molecule has 3 saturated carbocycles. The maximum atomic E-state index is 13.2. The number of rotatable bonds is 10. The second-order valence-electron chi connectivity index (χ2n) is 9.63. The summed E-state index contributed by atoms with van der Waals surface area (Å²) in [6.45, 7) is 4.57. The first-order valence-corrected chi connectivity index (χ1v) is 12.8. The van der Waals surface area contributed by atoms with E-state index in [-0.39, 0.29) is 16.4 Å². The summed E-state index contributed by atoms with van der Waals surface area (Å²) >= 11 is 0. The van der Waals surface area contributed by atoms with Crippen LogP contribution in [0.2, 0.25) is 0 Å². The Balaban J connectivity index is 1.39. The number of sulfonamides is 1. The van der Waals surface area contributed by atoms with Crippen LogP contribution in [-0.4, -0.2) is 42.2 Å². The maximum absolute atomic E-state index is 13.2. The van der Waals surface area contributed by atoms with Gasteiger partial charge in [-0.1, -0.05) is 26.0 Å². The standard InChI is InChI=1S/C23H33N5O3S/c1-23(2)17-14-16(8-6-4-5-7-9-21-24-27-28-25-21)22(20(23)15-17)26-32(29,30)19-12-10-18(31-3)11-13-19/h4,6,10-13,16-17,20,22,26H,5,7-9,14-15H2,1-3H3,(H,24,25,27,28)/t16-,17-,20+,22+/m0/s1. The van der Waals surface area contributed by atoms with Crippen molar-refractivity contribution in [3.63, 3.8) is 0 Å². The number of H-pyrrole nitrogens is 1. The highest BCUT2D eigenvalue weighted by Crippen LogP contribution is 2.61. The van der Waals surface area contributed by atoms with Crippen LogP contribution in [0.15, 0.2) is 41.3 Å². The lowest BCUT2D eigenvalue weighted by atomic mass is 9.45. The Bertz CT molecular complexity index is 1020. The molecule has 5 rings (SSSR count). The van der Waals surface area contributed by atoms with Crippen LogP contribution in [0.25, 0.3) is 0 Å². The van der Waals surface area contributed by atoms with Crippen molar-refractivity contribution in [3.8, 4) is 5.75 Å². The predicted octanol–water partition coefficient (Wildman–Crippen LogP) is 3.51. The molecule has 1 aromatic carbocycles. The van der Waals surface area contributed by atoms with Crippen LogP contribution in [0.3, 0.4) is 0 Å². The smallest absolute Gasteiger partial charge is 0.240 e. The third-order valence-electron chi connectivity index (χ3n) is 7.51. The molecule has 0 unspecified atom stereocenters. The van der Waals surface area contributed by atoms with E-state index in [1.54, 1.807) is 31.4 Å². The predicted molar refractivity (Wildman–Crippen MR) is 121 cm³/mol. The lowest BCUT2D eigenvalue weighted by molar-refractivity contribution is -0.108. The average molecular weight is 460 g/mol. The minimum Gasteiger partial charge on any atom is -0.497 e. The fraction of sp³-hybridized carbons (Fsp3) is 0.609. The molecule has 8 nitrogen and oxygen atoms in total. The number of hydrogen-bond donors (Lipinski definition) is 2. The number of allylic oxidation sites excluding steroid dienone is 2. The molecular formula is C23H33N5O3S. The van der Waals surface area contributed by atoms with Gasteiger partial charge in [0.25, 0.3) is 0 Å². The molecule has 2 bridgehead atoms. The van der Waals surface area contributed by atoms with E-state index in [0.717, 1.165) is 44.3 Å². The largest absolute Gasteiger partial charge is 0.497 e. The van der Waals surface area contributed by atoms with E-state index in [0.29, 0.717) is 23.5 Å². The maximum Gasteiger partial charge on any atom is 0.240 e. The summed E-state index contributed by atoms with van der Waals surface area (Å²) < 4.78 is 34.6. The van der Waals surface area contributed by atoms with Gasteiger partial charge in [0.1, 0.15) is 11.6 Å². The average Bonchev–Trinajstić information content (AvgIpc) is 3.30. The van der Waals surface area contributed by atoms with Crippen LogP contribution in [0, 0.1) is 23.2 Å². The van der Waals surface area contributed by atoms with Crippen molar-refractivity contribution in [1.82, 2.24) is 25.3 Å². The number of aryl methyl sites for hydroxylation is 1. The molecule has 1 aromatic heterocycles. The van der Waals surface area contributed by atoms with Crippen molar-refractivity contribution in [3.05, 3.63) is 42.2 Å². The molecule has 0 saturated heterocycles. The molecule has 4 atom stereocenters. The third-order valence-corrected chi connectivity index (χ3v) is 8.99. The minimum absolute atomic E-state index is 0.0491. The van der Waals surface area contributed by atoms with Gasteiger partial charge in [0.2, 0.25) is 10.0 Å². The van der Waals surface area contributed by atoms with E-state index in [9.17, 15) is 8.42 Å². The molecular weight excluding hydrogens is 426 g/mol. The second kappa shape index (κ2) is 9.31. The Labute approximate surface area is 190 Å². The lowest BCUT2D eigenvalue weighted by Crippen LogP contribution is -2.63. The minimum atomic E-state index is -3.59. The quantitative estimate of drug-likeness (QED) is 0.416. The van der Waals surface area contributed by atoms with E-state index in [4.69, 9.17) is 4.74 Å². The molecule has 3 fully saturated rings. The van der Waals surface area contributed by atoms with E-state index in [1.807, 2.05) is 0 Å². The van der Waals surface area contributed by atoms with E-state index in [1.165, 1.54) is 0 Å². The van der Waals surface area contributed by atoms with Gasteiger partial charge in [0.05, 0.1) is 12.0 Å². The van der Waals surface area contributed by atoms with Crippen molar-refractivity contribution in [2.24, 2.45) is 23.2 Å². The van der Waals surface area contributed by atoms with E-state index >= 15 is 0 Å². The molecule has 3 aliphatic carbocycles. The summed E-state index contributed by atoms with van der Waals surface area (Å²) in [5.41, 5.74) is 0.179. The summed E-state index contributed by atoms with van der Waals surface area (Å²) in [5, 5.41) is 13.9. The number of ether oxygens (including phenoxy) is 1.